The molecule has 1 aromatic rings. The van der Waals surface area contributed by atoms with E-state index < -0.39 is 0 Å². The zero-order valence-electron chi connectivity index (χ0n) is 6.83. The van der Waals surface area contributed by atoms with Crippen molar-refractivity contribution in [2.24, 2.45) is 0 Å². The van der Waals surface area contributed by atoms with Gasteiger partial charge in [-0.25, -0.2) is 0 Å². The van der Waals surface area contributed by atoms with E-state index in [1.165, 1.54) is 11.1 Å². The Labute approximate surface area is 71.3 Å². The van der Waals surface area contributed by atoms with Crippen molar-refractivity contribution in [1.29, 1.82) is 5.26 Å². The number of fused-ring (bicyclic) bond motifs is 1. The highest BCUT2D eigenvalue weighted by Crippen LogP contribution is 2.04. The summed E-state index contributed by atoms with van der Waals surface area (Å²) in [4.78, 5) is 0. The molecule has 1 aromatic carbocycles. The van der Waals surface area contributed by atoms with Crippen LogP contribution in [0.15, 0.2) is 18.2 Å². The van der Waals surface area contributed by atoms with Gasteiger partial charge in [0.25, 0.3) is 0 Å². The lowest BCUT2D eigenvalue weighted by molar-refractivity contribution is 1.45. The van der Waals surface area contributed by atoms with Gasteiger partial charge in [0.1, 0.15) is 16.5 Å². The molecule has 0 amide bonds. The normalized spacial score (nSPS) is 12.8. The number of nitrogens with zero attached hydrogens (tertiary/aromatic N) is 1. The van der Waals surface area contributed by atoms with E-state index in [1.807, 2.05) is 18.2 Å². The third-order valence-corrected chi connectivity index (χ3v) is 1.98. The molecule has 0 unspecified atom stereocenters. The maximum Gasteiger partial charge on any atom is 0.127 e. The Morgan fingerprint density at radius 2 is 2.00 bits per heavy atom. The van der Waals surface area contributed by atoms with Gasteiger partial charge in [0.2, 0.25) is 0 Å². The van der Waals surface area contributed by atoms with E-state index in [4.69, 9.17) is 5.26 Å². The van der Waals surface area contributed by atoms with Crippen LogP contribution in [0.5, 0.6) is 0 Å². The minimum atomic E-state index is 0.730. The molecule has 1 heteroatoms. The van der Waals surface area contributed by atoms with Gasteiger partial charge in [0, 0.05) is 19.1 Å². The van der Waals surface area contributed by atoms with Crippen LogP contribution in [0.2, 0.25) is 0 Å². The SMILES string of the molecule is C[C+]1C=c2ccc(C#N)cc2=C1. The third kappa shape index (κ3) is 0.981. The number of rotatable bonds is 0. The monoisotopic (exact) mass is 154 g/mol. The lowest BCUT2D eigenvalue weighted by Crippen LogP contribution is -2.20. The predicted molar refractivity (Wildman–Crippen MR) is 48.3 cm³/mol. The second-order valence-electron chi connectivity index (χ2n) is 2.99. The van der Waals surface area contributed by atoms with E-state index in [-0.39, 0.29) is 0 Å². The van der Waals surface area contributed by atoms with Crippen molar-refractivity contribution in [3.05, 3.63) is 40.1 Å². The summed E-state index contributed by atoms with van der Waals surface area (Å²) in [6, 6.07) is 7.88. The molecule has 56 valence electrons. The second kappa shape index (κ2) is 2.42. The highest BCUT2D eigenvalue weighted by Gasteiger charge is 2.10. The number of nitriles is 1. The van der Waals surface area contributed by atoms with E-state index in [9.17, 15) is 0 Å². The molecule has 1 aliphatic rings. The number of hydrogen-bond acceptors (Lipinski definition) is 1. The summed E-state index contributed by atoms with van der Waals surface area (Å²) in [5.74, 6) is 1.25. The molecule has 0 spiro atoms. The molecule has 0 aromatic heterocycles. The van der Waals surface area contributed by atoms with Crippen LogP contribution in [-0.4, -0.2) is 0 Å². The van der Waals surface area contributed by atoms with Crippen LogP contribution in [0.4, 0.5) is 0 Å². The molecular weight excluding hydrogens is 146 g/mol. The van der Waals surface area contributed by atoms with Crippen LogP contribution in [0.25, 0.3) is 12.2 Å². The van der Waals surface area contributed by atoms with Crippen molar-refractivity contribution in [3.63, 3.8) is 0 Å². The minimum absolute atomic E-state index is 0.730. The second-order valence-corrected chi connectivity index (χ2v) is 2.99. The Bertz CT molecular complexity index is 463. The maximum atomic E-state index is 8.65. The molecule has 0 saturated carbocycles. The van der Waals surface area contributed by atoms with Crippen molar-refractivity contribution in [2.45, 2.75) is 6.92 Å². The molecule has 0 fully saturated rings. The fourth-order valence-corrected chi connectivity index (χ4v) is 1.43. The first-order valence-corrected chi connectivity index (χ1v) is 3.87. The zero-order chi connectivity index (χ0) is 8.55. The summed E-state index contributed by atoms with van der Waals surface area (Å²) in [6.45, 7) is 2.06. The molecule has 1 aliphatic carbocycles. The highest BCUT2D eigenvalue weighted by atomic mass is 14.2. The largest absolute Gasteiger partial charge is 0.192 e. The Hall–Kier alpha value is -1.68. The van der Waals surface area contributed by atoms with Gasteiger partial charge < -0.3 is 0 Å². The topological polar surface area (TPSA) is 23.8 Å². The van der Waals surface area contributed by atoms with Crippen LogP contribution < -0.4 is 10.4 Å². The van der Waals surface area contributed by atoms with Gasteiger partial charge in [0.15, 0.2) is 0 Å². The summed E-state index contributed by atoms with van der Waals surface area (Å²) >= 11 is 0. The van der Waals surface area contributed by atoms with Crippen LogP contribution in [0, 0.1) is 17.2 Å². The van der Waals surface area contributed by atoms with Crippen LogP contribution in [0.1, 0.15) is 12.5 Å². The van der Waals surface area contributed by atoms with Gasteiger partial charge in [0.05, 0.1) is 23.6 Å². The fraction of sp³-hybridized carbons (Fsp3) is 0.0909. The lowest BCUT2D eigenvalue weighted by atomic mass is 10.2. The summed E-state index contributed by atoms with van der Waals surface area (Å²) in [5, 5.41) is 11.0. The molecule has 1 nitrogen and oxygen atoms in total. The molecule has 0 saturated heterocycles. The van der Waals surface area contributed by atoms with E-state index in [2.05, 4.69) is 25.1 Å². The lowest BCUT2D eigenvalue weighted by Gasteiger charge is -1.79. The van der Waals surface area contributed by atoms with Gasteiger partial charge >= 0.3 is 0 Å². The van der Waals surface area contributed by atoms with Crippen LogP contribution >= 0.6 is 0 Å². The Morgan fingerprint density at radius 3 is 2.75 bits per heavy atom. The summed E-state index contributed by atoms with van der Waals surface area (Å²) in [6.07, 6.45) is 4.21. The molecular formula is C11H8N+. The fourth-order valence-electron chi connectivity index (χ4n) is 1.43. The van der Waals surface area contributed by atoms with Crippen molar-refractivity contribution < 1.29 is 0 Å². The van der Waals surface area contributed by atoms with Crippen molar-refractivity contribution in [1.82, 2.24) is 0 Å². The third-order valence-electron chi connectivity index (χ3n) is 1.98. The molecule has 0 heterocycles. The molecule has 0 aliphatic heterocycles. The van der Waals surface area contributed by atoms with Gasteiger partial charge in [-0.2, -0.15) is 5.26 Å². The van der Waals surface area contributed by atoms with E-state index in [1.54, 1.807) is 0 Å². The standard InChI is InChI=1S/C11H8N/c1-8-4-10-3-2-9(7-12)6-11(10)5-8/h2-6H,1H3/q+1. The van der Waals surface area contributed by atoms with Crippen molar-refractivity contribution in [3.8, 4) is 6.07 Å². The van der Waals surface area contributed by atoms with E-state index in [0.29, 0.717) is 0 Å². The zero-order valence-corrected chi connectivity index (χ0v) is 6.83. The molecule has 0 bridgehead atoms. The van der Waals surface area contributed by atoms with Gasteiger partial charge in [-0.15, -0.1) is 0 Å². The first kappa shape index (κ1) is 7.00. The maximum absolute atomic E-state index is 8.65. The average molecular weight is 154 g/mol. The smallest absolute Gasteiger partial charge is 0.127 e. The summed E-state index contributed by atoms with van der Waals surface area (Å²) in [5.41, 5.74) is 0.730. The summed E-state index contributed by atoms with van der Waals surface area (Å²) < 4.78 is 0. The molecule has 0 N–H and O–H groups in total. The first-order chi connectivity index (χ1) is 5.79. The predicted octanol–water partition coefficient (Wildman–Crippen LogP) is 0.727. The molecule has 0 radical (unpaired) electrons. The van der Waals surface area contributed by atoms with Crippen molar-refractivity contribution >= 4 is 12.2 Å². The molecule has 0 atom stereocenters. The Balaban J connectivity index is 2.74. The highest BCUT2D eigenvalue weighted by molar-refractivity contribution is 5.65. The summed E-state index contributed by atoms with van der Waals surface area (Å²) in [7, 11) is 0. The average Bonchev–Trinajstić information content (AvgIpc) is 2.43. The Morgan fingerprint density at radius 1 is 1.25 bits per heavy atom. The van der Waals surface area contributed by atoms with Crippen LogP contribution in [-0.2, 0) is 0 Å². The first-order valence-electron chi connectivity index (χ1n) is 3.87. The molecule has 12 heavy (non-hydrogen) atoms. The number of benzene rings is 1. The van der Waals surface area contributed by atoms with Gasteiger partial charge in [-0.3, -0.25) is 0 Å². The quantitative estimate of drug-likeness (QED) is 0.505. The van der Waals surface area contributed by atoms with Crippen molar-refractivity contribution in [2.75, 3.05) is 0 Å². The minimum Gasteiger partial charge on any atom is -0.192 e. The molecule has 2 rings (SSSR count). The van der Waals surface area contributed by atoms with Gasteiger partial charge in [-0.1, -0.05) is 0 Å². The van der Waals surface area contributed by atoms with Crippen LogP contribution in [0.3, 0.4) is 0 Å². The number of hydrogen-bond donors (Lipinski definition) is 0. The van der Waals surface area contributed by atoms with E-state index in [0.717, 1.165) is 10.8 Å². The van der Waals surface area contributed by atoms with E-state index >= 15 is 0 Å². The Kier molecular flexibility index (Phi) is 1.41. The van der Waals surface area contributed by atoms with Gasteiger partial charge in [-0.05, 0) is 6.07 Å².